The fraction of sp³-hybridized carbons (Fsp3) is 0.231. The van der Waals surface area contributed by atoms with Crippen molar-refractivity contribution in [3.8, 4) is 0 Å². The van der Waals surface area contributed by atoms with E-state index in [-0.39, 0.29) is 0 Å². The average Bonchev–Trinajstić information content (AvgIpc) is 2.68. The minimum atomic E-state index is 0.808. The molecule has 1 nitrogen and oxygen atoms in total. The van der Waals surface area contributed by atoms with Crippen LogP contribution in [0.25, 0.3) is 0 Å². The predicted octanol–water partition coefficient (Wildman–Crippen LogP) is 5.56. The third-order valence-corrected chi connectivity index (χ3v) is 4.93. The molecule has 0 aliphatic rings. The second-order valence-corrected chi connectivity index (χ2v) is 7.78. The highest BCUT2D eigenvalue weighted by Crippen LogP contribution is 2.24. The number of hydrogen-bond donors (Lipinski definition) is 0. The third kappa shape index (κ3) is 4.07. The summed E-state index contributed by atoms with van der Waals surface area (Å²) in [5.74, 6) is 0. The Morgan fingerprint density at radius 1 is 1.22 bits per heavy atom. The smallest absolute Gasteiger partial charge is 0.0701 e. The minimum Gasteiger partial charge on any atom is -0.298 e. The molecule has 1 aromatic heterocycles. The van der Waals surface area contributed by atoms with E-state index in [1.54, 1.807) is 11.3 Å². The van der Waals surface area contributed by atoms with Crippen molar-refractivity contribution in [1.82, 2.24) is 4.90 Å². The monoisotopic (exact) mass is 407 g/mol. The molecule has 1 heterocycles. The molecule has 0 atom stereocenters. The van der Waals surface area contributed by atoms with Crippen LogP contribution in [0.1, 0.15) is 11.1 Å². The molecule has 0 unspecified atom stereocenters. The van der Waals surface area contributed by atoms with Crippen LogP contribution in [0.15, 0.2) is 37.9 Å². The molecule has 0 saturated carbocycles. The molecule has 18 heavy (non-hydrogen) atoms. The molecule has 0 amide bonds. The zero-order chi connectivity index (χ0) is 13.1. The van der Waals surface area contributed by atoms with Crippen molar-refractivity contribution < 1.29 is 0 Å². The molecular formula is C13H12Br2ClNS. The van der Waals surface area contributed by atoms with Crippen LogP contribution in [-0.4, -0.2) is 11.9 Å². The second-order valence-electron chi connectivity index (χ2n) is 4.17. The van der Waals surface area contributed by atoms with E-state index in [4.69, 9.17) is 11.6 Å². The number of nitrogens with zero attached hydrogens (tertiary/aromatic N) is 1. The van der Waals surface area contributed by atoms with Gasteiger partial charge in [-0.3, -0.25) is 4.90 Å². The Balaban J connectivity index is 2.00. The first-order valence-corrected chi connectivity index (χ1v) is 8.24. The summed E-state index contributed by atoms with van der Waals surface area (Å²) in [7, 11) is 2.10. The zero-order valence-corrected chi connectivity index (χ0v) is 14.5. The summed E-state index contributed by atoms with van der Waals surface area (Å²) in [6.07, 6.45) is 0. The number of benzene rings is 1. The van der Waals surface area contributed by atoms with Crippen molar-refractivity contribution in [3.63, 3.8) is 0 Å². The topological polar surface area (TPSA) is 3.24 Å². The van der Waals surface area contributed by atoms with Gasteiger partial charge >= 0.3 is 0 Å². The quantitative estimate of drug-likeness (QED) is 0.639. The molecule has 96 valence electrons. The van der Waals surface area contributed by atoms with Crippen LogP contribution in [0.2, 0.25) is 5.02 Å². The van der Waals surface area contributed by atoms with Gasteiger partial charge < -0.3 is 0 Å². The van der Waals surface area contributed by atoms with Crippen LogP contribution < -0.4 is 0 Å². The Morgan fingerprint density at radius 2 is 2.00 bits per heavy atom. The Bertz CT molecular complexity index is 542. The van der Waals surface area contributed by atoms with Gasteiger partial charge in [-0.05, 0) is 57.7 Å². The van der Waals surface area contributed by atoms with E-state index in [2.05, 4.69) is 61.3 Å². The van der Waals surface area contributed by atoms with Crippen LogP contribution in [0.5, 0.6) is 0 Å². The van der Waals surface area contributed by atoms with Crippen LogP contribution >= 0.6 is 54.8 Å². The van der Waals surface area contributed by atoms with Gasteiger partial charge in [0.1, 0.15) is 0 Å². The van der Waals surface area contributed by atoms with Crippen LogP contribution in [0, 0.1) is 0 Å². The highest BCUT2D eigenvalue weighted by molar-refractivity contribution is 9.11. The first-order valence-electron chi connectivity index (χ1n) is 5.40. The number of thiophene rings is 1. The Morgan fingerprint density at radius 3 is 2.61 bits per heavy atom. The van der Waals surface area contributed by atoms with Crippen molar-refractivity contribution in [2.45, 2.75) is 13.1 Å². The molecule has 1 aromatic carbocycles. The van der Waals surface area contributed by atoms with Gasteiger partial charge in [-0.1, -0.05) is 33.6 Å². The van der Waals surface area contributed by atoms with Gasteiger partial charge in [-0.15, -0.1) is 11.3 Å². The Hall–Kier alpha value is 0.130. The molecule has 0 saturated heterocycles. The molecular weight excluding hydrogens is 397 g/mol. The van der Waals surface area contributed by atoms with Gasteiger partial charge in [0.2, 0.25) is 0 Å². The lowest BCUT2D eigenvalue weighted by Crippen LogP contribution is -2.17. The first-order chi connectivity index (χ1) is 8.54. The summed E-state index contributed by atoms with van der Waals surface area (Å²) in [6, 6.07) is 8.18. The maximum absolute atomic E-state index is 6.22. The van der Waals surface area contributed by atoms with E-state index < -0.39 is 0 Å². The van der Waals surface area contributed by atoms with Crippen molar-refractivity contribution in [2.24, 2.45) is 0 Å². The van der Waals surface area contributed by atoms with Crippen LogP contribution in [-0.2, 0) is 13.1 Å². The summed E-state index contributed by atoms with van der Waals surface area (Å²) in [5, 5.41) is 2.98. The summed E-state index contributed by atoms with van der Waals surface area (Å²) < 4.78 is 2.19. The minimum absolute atomic E-state index is 0.808. The van der Waals surface area contributed by atoms with Crippen molar-refractivity contribution >= 4 is 54.8 Å². The van der Waals surface area contributed by atoms with E-state index in [1.165, 1.54) is 9.35 Å². The molecule has 5 heteroatoms. The summed E-state index contributed by atoms with van der Waals surface area (Å²) in [6.45, 7) is 1.77. The normalized spacial score (nSPS) is 11.2. The van der Waals surface area contributed by atoms with Crippen molar-refractivity contribution in [3.05, 3.63) is 54.1 Å². The summed E-state index contributed by atoms with van der Waals surface area (Å²) in [5.41, 5.74) is 2.47. The third-order valence-electron chi connectivity index (χ3n) is 2.53. The Kier molecular flexibility index (Phi) is 5.27. The molecule has 0 aliphatic heterocycles. The SMILES string of the molecule is CN(Cc1csc(Br)c1)Cc1ccc(Br)cc1Cl. The molecule has 0 aliphatic carbocycles. The number of hydrogen-bond acceptors (Lipinski definition) is 2. The predicted molar refractivity (Wildman–Crippen MR) is 86.3 cm³/mol. The second kappa shape index (κ2) is 6.53. The Labute approximate surface area is 133 Å². The first kappa shape index (κ1) is 14.5. The fourth-order valence-corrected chi connectivity index (χ4v) is 3.67. The van der Waals surface area contributed by atoms with Gasteiger partial charge in [0, 0.05) is 22.6 Å². The van der Waals surface area contributed by atoms with E-state index >= 15 is 0 Å². The zero-order valence-electron chi connectivity index (χ0n) is 9.79. The van der Waals surface area contributed by atoms with Gasteiger partial charge in [0.05, 0.1) is 3.79 Å². The van der Waals surface area contributed by atoms with Crippen LogP contribution in [0.3, 0.4) is 0 Å². The number of halogens is 3. The van der Waals surface area contributed by atoms with Gasteiger partial charge in [0.15, 0.2) is 0 Å². The van der Waals surface area contributed by atoms with Gasteiger partial charge in [-0.2, -0.15) is 0 Å². The standard InChI is InChI=1S/C13H12Br2ClNS/c1-17(6-9-4-13(15)18-8-9)7-10-2-3-11(14)5-12(10)16/h2-5,8H,6-7H2,1H3. The summed E-state index contributed by atoms with van der Waals surface area (Å²) >= 11 is 14.8. The van der Waals surface area contributed by atoms with E-state index in [9.17, 15) is 0 Å². The molecule has 0 spiro atoms. The summed E-state index contributed by atoms with van der Waals surface area (Å²) in [4.78, 5) is 2.25. The van der Waals surface area contributed by atoms with Gasteiger partial charge in [-0.25, -0.2) is 0 Å². The molecule has 0 radical (unpaired) electrons. The van der Waals surface area contributed by atoms with Crippen LogP contribution in [0.4, 0.5) is 0 Å². The maximum Gasteiger partial charge on any atom is 0.0701 e. The van der Waals surface area contributed by atoms with E-state index in [1.807, 2.05) is 12.1 Å². The molecule has 2 aromatic rings. The van der Waals surface area contributed by atoms with Crippen molar-refractivity contribution in [2.75, 3.05) is 7.05 Å². The highest BCUT2D eigenvalue weighted by Gasteiger charge is 2.07. The van der Waals surface area contributed by atoms with E-state index in [0.717, 1.165) is 28.1 Å². The van der Waals surface area contributed by atoms with E-state index in [0.29, 0.717) is 0 Å². The van der Waals surface area contributed by atoms with Gasteiger partial charge in [0.25, 0.3) is 0 Å². The average molecular weight is 410 g/mol. The van der Waals surface area contributed by atoms with Crippen molar-refractivity contribution in [1.29, 1.82) is 0 Å². The largest absolute Gasteiger partial charge is 0.298 e. The lowest BCUT2D eigenvalue weighted by atomic mass is 10.2. The highest BCUT2D eigenvalue weighted by atomic mass is 79.9. The maximum atomic E-state index is 6.22. The molecule has 0 bridgehead atoms. The lowest BCUT2D eigenvalue weighted by molar-refractivity contribution is 0.319. The molecule has 0 N–H and O–H groups in total. The molecule has 0 fully saturated rings. The fourth-order valence-electron chi connectivity index (χ4n) is 1.74. The number of rotatable bonds is 4. The molecule has 2 rings (SSSR count). The lowest BCUT2D eigenvalue weighted by Gasteiger charge is -2.16.